The van der Waals surface area contributed by atoms with Crippen molar-refractivity contribution in [2.45, 2.75) is 18.1 Å². The van der Waals surface area contributed by atoms with Crippen molar-refractivity contribution < 1.29 is 17.7 Å². The van der Waals surface area contributed by atoms with Gasteiger partial charge in [-0.1, -0.05) is 61.2 Å². The molecule has 5 heteroatoms. The van der Waals surface area contributed by atoms with Crippen LogP contribution in [0, 0.1) is 0 Å². The van der Waals surface area contributed by atoms with Crippen LogP contribution in [0.4, 0.5) is 13.2 Å². The van der Waals surface area contributed by atoms with E-state index in [0.29, 0.717) is 5.56 Å². The molecule has 0 aliphatic rings. The van der Waals surface area contributed by atoms with Crippen molar-refractivity contribution in [3.05, 3.63) is 72.4 Å². The summed E-state index contributed by atoms with van der Waals surface area (Å²) in [4.78, 5) is 0. The third-order valence-corrected chi connectivity index (χ3v) is 5.14. The highest BCUT2D eigenvalue weighted by molar-refractivity contribution is 7.99. The van der Waals surface area contributed by atoms with E-state index in [0.717, 1.165) is 33.5 Å². The summed E-state index contributed by atoms with van der Waals surface area (Å²) in [5, 5.41) is 1.09. The molecule has 0 bridgehead atoms. The number of hydrogen-bond acceptors (Lipinski definition) is 1. The van der Waals surface area contributed by atoms with Crippen LogP contribution in [0.5, 0.6) is 0 Å². The van der Waals surface area contributed by atoms with E-state index in [2.05, 4.69) is 6.92 Å². The van der Waals surface area contributed by atoms with Crippen molar-refractivity contribution in [3.8, 4) is 22.3 Å². The summed E-state index contributed by atoms with van der Waals surface area (Å²) >= 11 is 1.72. The molecule has 0 spiro atoms. The maximum Gasteiger partial charge on any atom is 0.416 e. The Morgan fingerprint density at radius 1 is 0.885 bits per heavy atom. The highest BCUT2D eigenvalue weighted by atomic mass is 32.2. The second-order valence-electron chi connectivity index (χ2n) is 5.94. The first-order valence-electron chi connectivity index (χ1n) is 8.29. The standard InChI is InChI=1S/C21H19F3NS/c1-3-26-20-19(15-8-5-4-6-9-15)13-17(14-25(20)2)16-10-7-11-18(12-16)21(22,23)24/h4-14H,3H2,1-2H3/q+1. The van der Waals surface area contributed by atoms with Gasteiger partial charge in [0.1, 0.15) is 7.05 Å². The Kier molecular flexibility index (Phi) is 5.37. The second-order valence-corrected chi connectivity index (χ2v) is 7.19. The van der Waals surface area contributed by atoms with E-state index in [1.54, 1.807) is 17.8 Å². The van der Waals surface area contributed by atoms with Crippen LogP contribution in [-0.4, -0.2) is 5.75 Å². The van der Waals surface area contributed by atoms with Crippen LogP contribution >= 0.6 is 11.8 Å². The number of aryl methyl sites for hydroxylation is 1. The minimum atomic E-state index is -4.35. The Labute approximate surface area is 155 Å². The lowest BCUT2D eigenvalue weighted by Gasteiger charge is -2.11. The Bertz CT molecular complexity index is 905. The van der Waals surface area contributed by atoms with E-state index in [1.807, 2.05) is 54.2 Å². The molecule has 1 nitrogen and oxygen atoms in total. The van der Waals surface area contributed by atoms with E-state index in [1.165, 1.54) is 12.1 Å². The Balaban J connectivity index is 2.17. The first-order valence-corrected chi connectivity index (χ1v) is 9.28. The Hall–Kier alpha value is -2.27. The fraction of sp³-hybridized carbons (Fsp3) is 0.190. The van der Waals surface area contributed by atoms with Crippen LogP contribution in [-0.2, 0) is 13.2 Å². The normalized spacial score (nSPS) is 11.6. The number of hydrogen-bond donors (Lipinski definition) is 0. The quantitative estimate of drug-likeness (QED) is 0.402. The van der Waals surface area contributed by atoms with Gasteiger partial charge < -0.3 is 0 Å². The largest absolute Gasteiger partial charge is 0.416 e. The van der Waals surface area contributed by atoms with Crippen molar-refractivity contribution in [1.29, 1.82) is 0 Å². The average molecular weight is 374 g/mol. The minimum absolute atomic E-state index is 0.556. The predicted molar refractivity (Wildman–Crippen MR) is 99.9 cm³/mol. The molecule has 1 aromatic heterocycles. The zero-order valence-corrected chi connectivity index (χ0v) is 15.4. The molecular weight excluding hydrogens is 355 g/mol. The molecule has 0 fully saturated rings. The topological polar surface area (TPSA) is 3.88 Å². The first kappa shape index (κ1) is 18.5. The summed E-state index contributed by atoms with van der Waals surface area (Å²) < 4.78 is 41.2. The van der Waals surface area contributed by atoms with Gasteiger partial charge in [0, 0.05) is 11.3 Å². The fourth-order valence-corrected chi connectivity index (χ4v) is 3.75. The lowest BCUT2D eigenvalue weighted by atomic mass is 10.00. The zero-order valence-electron chi connectivity index (χ0n) is 14.5. The van der Waals surface area contributed by atoms with Crippen molar-refractivity contribution in [1.82, 2.24) is 0 Å². The van der Waals surface area contributed by atoms with Gasteiger partial charge in [-0.3, -0.25) is 0 Å². The van der Waals surface area contributed by atoms with Gasteiger partial charge in [-0.15, -0.1) is 0 Å². The summed E-state index contributed by atoms with van der Waals surface area (Å²) in [6.07, 6.45) is -2.46. The maximum atomic E-state index is 13.1. The predicted octanol–water partition coefficient (Wildman–Crippen LogP) is 5.98. The van der Waals surface area contributed by atoms with Gasteiger partial charge in [0.05, 0.1) is 11.1 Å². The summed E-state index contributed by atoms with van der Waals surface area (Å²) in [7, 11) is 1.93. The van der Waals surface area contributed by atoms with E-state index in [9.17, 15) is 13.2 Å². The number of benzene rings is 2. The number of rotatable bonds is 4. The van der Waals surface area contributed by atoms with Crippen LogP contribution in [0.3, 0.4) is 0 Å². The van der Waals surface area contributed by atoms with E-state index in [-0.39, 0.29) is 0 Å². The van der Waals surface area contributed by atoms with Gasteiger partial charge in [0.2, 0.25) is 5.03 Å². The fourth-order valence-electron chi connectivity index (χ4n) is 2.89. The Morgan fingerprint density at radius 2 is 1.58 bits per heavy atom. The number of thioether (sulfide) groups is 1. The maximum absolute atomic E-state index is 13.1. The third kappa shape index (κ3) is 3.93. The monoisotopic (exact) mass is 374 g/mol. The SMILES string of the molecule is CCSc1c(-c2ccccc2)cc(-c2cccc(C(F)(F)F)c2)c[n+]1C. The van der Waals surface area contributed by atoms with Crippen LogP contribution in [0.25, 0.3) is 22.3 Å². The highest BCUT2D eigenvalue weighted by Gasteiger charge is 2.30. The number of nitrogens with zero attached hydrogens (tertiary/aromatic N) is 1. The van der Waals surface area contributed by atoms with Gasteiger partial charge in [-0.25, -0.2) is 0 Å². The van der Waals surface area contributed by atoms with E-state index < -0.39 is 11.7 Å². The molecule has 0 N–H and O–H groups in total. The molecule has 3 rings (SSSR count). The average Bonchev–Trinajstić information content (AvgIpc) is 2.63. The minimum Gasteiger partial charge on any atom is -0.195 e. The van der Waals surface area contributed by atoms with Crippen molar-refractivity contribution in [3.63, 3.8) is 0 Å². The zero-order chi connectivity index (χ0) is 18.7. The lowest BCUT2D eigenvalue weighted by Crippen LogP contribution is -2.31. The molecule has 0 saturated carbocycles. The molecule has 2 aromatic carbocycles. The number of aromatic nitrogens is 1. The van der Waals surface area contributed by atoms with Gasteiger partial charge in [-0.2, -0.15) is 17.7 Å². The van der Waals surface area contributed by atoms with Crippen LogP contribution < -0.4 is 4.57 Å². The molecule has 26 heavy (non-hydrogen) atoms. The van der Waals surface area contributed by atoms with E-state index in [4.69, 9.17) is 0 Å². The molecule has 1 heterocycles. The van der Waals surface area contributed by atoms with Gasteiger partial charge >= 0.3 is 6.18 Å². The van der Waals surface area contributed by atoms with Gasteiger partial charge in [-0.05, 0) is 29.3 Å². The summed E-state index contributed by atoms with van der Waals surface area (Å²) in [6, 6.07) is 17.4. The summed E-state index contributed by atoms with van der Waals surface area (Å²) in [6.45, 7) is 2.08. The van der Waals surface area contributed by atoms with Crippen LogP contribution in [0.1, 0.15) is 12.5 Å². The van der Waals surface area contributed by atoms with Gasteiger partial charge in [0.25, 0.3) is 0 Å². The molecule has 0 aliphatic carbocycles. The lowest BCUT2D eigenvalue weighted by molar-refractivity contribution is -0.707. The first-order chi connectivity index (χ1) is 12.4. The van der Waals surface area contributed by atoms with Crippen molar-refractivity contribution in [2.75, 3.05) is 5.75 Å². The summed E-state index contributed by atoms with van der Waals surface area (Å²) in [5.74, 6) is 0.913. The molecular formula is C21H19F3NS+. The van der Waals surface area contributed by atoms with Crippen LogP contribution in [0.2, 0.25) is 0 Å². The van der Waals surface area contributed by atoms with E-state index >= 15 is 0 Å². The highest BCUT2D eigenvalue weighted by Crippen LogP contribution is 2.35. The Morgan fingerprint density at radius 3 is 2.23 bits per heavy atom. The molecule has 0 aliphatic heterocycles. The molecule has 0 atom stereocenters. The molecule has 0 saturated heterocycles. The number of alkyl halides is 3. The van der Waals surface area contributed by atoms with Crippen molar-refractivity contribution >= 4 is 11.8 Å². The molecule has 0 amide bonds. The number of halogens is 3. The van der Waals surface area contributed by atoms with Gasteiger partial charge in [0.15, 0.2) is 6.20 Å². The third-order valence-electron chi connectivity index (χ3n) is 4.07. The molecule has 0 unspecified atom stereocenters. The molecule has 3 aromatic rings. The van der Waals surface area contributed by atoms with Crippen LogP contribution in [0.15, 0.2) is 71.9 Å². The summed E-state index contributed by atoms with van der Waals surface area (Å²) in [5.41, 5.74) is 2.76. The molecule has 0 radical (unpaired) electrons. The second kappa shape index (κ2) is 7.54. The molecule has 134 valence electrons. The smallest absolute Gasteiger partial charge is 0.195 e. The van der Waals surface area contributed by atoms with Crippen molar-refractivity contribution in [2.24, 2.45) is 7.05 Å². The number of pyridine rings is 1.